The van der Waals surface area contributed by atoms with Gasteiger partial charge in [0.1, 0.15) is 6.10 Å². The highest BCUT2D eigenvalue weighted by atomic mass is 32.2. The molecule has 0 radical (unpaired) electrons. The maximum atomic E-state index is 13.2. The van der Waals surface area contributed by atoms with Crippen molar-refractivity contribution in [1.82, 2.24) is 9.62 Å². The zero-order valence-electron chi connectivity index (χ0n) is 17.8. The Hall–Kier alpha value is -3.00. The number of carbonyl (C=O) groups is 1. The van der Waals surface area contributed by atoms with Crippen LogP contribution in [0.3, 0.4) is 0 Å². The molecule has 166 valence electrons. The normalized spacial score (nSPS) is 19.0. The van der Waals surface area contributed by atoms with E-state index < -0.39 is 10.0 Å². The summed E-state index contributed by atoms with van der Waals surface area (Å²) in [5, 5.41) is 0. The zero-order valence-corrected chi connectivity index (χ0v) is 18.7. The fourth-order valence-corrected chi connectivity index (χ4v) is 4.87. The van der Waals surface area contributed by atoms with Crippen LogP contribution < -0.4 is 4.72 Å². The van der Waals surface area contributed by atoms with Gasteiger partial charge in [0.05, 0.1) is 17.5 Å². The highest BCUT2D eigenvalue weighted by Gasteiger charge is 2.30. The van der Waals surface area contributed by atoms with Crippen LogP contribution in [-0.4, -0.2) is 38.4 Å². The molecule has 0 bridgehead atoms. The number of nitrogens with zero attached hydrogens (tertiary/aromatic N) is 1. The van der Waals surface area contributed by atoms with E-state index in [0.29, 0.717) is 18.7 Å². The highest BCUT2D eigenvalue weighted by molar-refractivity contribution is 7.89. The molecule has 7 heteroatoms. The van der Waals surface area contributed by atoms with Gasteiger partial charge in [-0.3, -0.25) is 4.79 Å². The standard InChI is InChI=1S/C25H26N2O4S/c1-19-17-27(18-24(31-19)21-11-6-3-7-12-21)25(28)22-13-8-14-23(15-22)32(29,30)26-16-20-9-4-2-5-10-20/h2-15,19,24,26H,16-18H2,1H3. The predicted octanol–water partition coefficient (Wildman–Crippen LogP) is 3.77. The Bertz CT molecular complexity index is 1170. The van der Waals surface area contributed by atoms with E-state index in [4.69, 9.17) is 4.74 Å². The third-order valence-electron chi connectivity index (χ3n) is 5.42. The molecule has 1 heterocycles. The number of hydrogen-bond donors (Lipinski definition) is 1. The minimum absolute atomic E-state index is 0.0696. The first-order valence-electron chi connectivity index (χ1n) is 10.6. The lowest BCUT2D eigenvalue weighted by Gasteiger charge is -2.37. The number of rotatable bonds is 6. The van der Waals surface area contributed by atoms with Gasteiger partial charge in [0.15, 0.2) is 0 Å². The fourth-order valence-electron chi connectivity index (χ4n) is 3.81. The van der Waals surface area contributed by atoms with Crippen molar-refractivity contribution < 1.29 is 17.9 Å². The lowest BCUT2D eigenvalue weighted by Crippen LogP contribution is -2.46. The van der Waals surface area contributed by atoms with Crippen molar-refractivity contribution in [2.24, 2.45) is 0 Å². The van der Waals surface area contributed by atoms with Gasteiger partial charge in [-0.2, -0.15) is 0 Å². The Morgan fingerprint density at radius 1 is 0.969 bits per heavy atom. The third-order valence-corrected chi connectivity index (χ3v) is 6.82. The minimum atomic E-state index is -3.76. The summed E-state index contributed by atoms with van der Waals surface area (Å²) in [6.07, 6.45) is -0.347. The Morgan fingerprint density at radius 2 is 1.66 bits per heavy atom. The van der Waals surface area contributed by atoms with Crippen LogP contribution in [0.4, 0.5) is 0 Å². The first-order chi connectivity index (χ1) is 15.4. The fraction of sp³-hybridized carbons (Fsp3) is 0.240. The molecular formula is C25H26N2O4S. The van der Waals surface area contributed by atoms with E-state index >= 15 is 0 Å². The van der Waals surface area contributed by atoms with Crippen molar-refractivity contribution in [3.63, 3.8) is 0 Å². The van der Waals surface area contributed by atoms with Crippen LogP contribution in [0.25, 0.3) is 0 Å². The van der Waals surface area contributed by atoms with Crippen molar-refractivity contribution in [1.29, 1.82) is 0 Å². The van der Waals surface area contributed by atoms with E-state index in [1.165, 1.54) is 12.1 Å². The van der Waals surface area contributed by atoms with Gasteiger partial charge in [-0.15, -0.1) is 0 Å². The molecule has 3 aromatic carbocycles. The first kappa shape index (κ1) is 22.2. The smallest absolute Gasteiger partial charge is 0.254 e. The van der Waals surface area contributed by atoms with Gasteiger partial charge in [0, 0.05) is 18.7 Å². The van der Waals surface area contributed by atoms with Gasteiger partial charge < -0.3 is 9.64 Å². The van der Waals surface area contributed by atoms with Gasteiger partial charge in [0.25, 0.3) is 5.91 Å². The van der Waals surface area contributed by atoms with Crippen molar-refractivity contribution in [3.8, 4) is 0 Å². The lowest BCUT2D eigenvalue weighted by molar-refractivity contribution is -0.0691. The molecule has 1 fully saturated rings. The number of nitrogens with one attached hydrogen (secondary N) is 1. The van der Waals surface area contributed by atoms with Gasteiger partial charge >= 0.3 is 0 Å². The number of morpholine rings is 1. The topological polar surface area (TPSA) is 75.7 Å². The van der Waals surface area contributed by atoms with Crippen LogP contribution in [0.15, 0.2) is 89.8 Å². The summed E-state index contributed by atoms with van der Waals surface area (Å²) in [5.41, 5.74) is 2.21. The van der Waals surface area contributed by atoms with Crippen LogP contribution in [0.2, 0.25) is 0 Å². The molecule has 2 atom stereocenters. The number of hydrogen-bond acceptors (Lipinski definition) is 4. The molecule has 1 aliphatic heterocycles. The van der Waals surface area contributed by atoms with Gasteiger partial charge in [-0.1, -0.05) is 66.7 Å². The third kappa shape index (κ3) is 5.24. The molecular weight excluding hydrogens is 424 g/mol. The zero-order chi connectivity index (χ0) is 22.6. The van der Waals surface area contributed by atoms with Crippen LogP contribution in [-0.2, 0) is 21.3 Å². The summed E-state index contributed by atoms with van der Waals surface area (Å²) < 4.78 is 34.2. The second kappa shape index (κ2) is 9.65. The second-order valence-corrected chi connectivity index (χ2v) is 9.66. The predicted molar refractivity (Wildman–Crippen MR) is 123 cm³/mol. The average Bonchev–Trinajstić information content (AvgIpc) is 2.83. The van der Waals surface area contributed by atoms with Crippen molar-refractivity contribution in [3.05, 3.63) is 102 Å². The molecule has 1 aliphatic rings. The molecule has 1 saturated heterocycles. The van der Waals surface area contributed by atoms with E-state index in [9.17, 15) is 13.2 Å². The summed E-state index contributed by atoms with van der Waals surface area (Å²) in [5.74, 6) is -0.207. The van der Waals surface area contributed by atoms with Crippen molar-refractivity contribution in [2.45, 2.75) is 30.6 Å². The van der Waals surface area contributed by atoms with Crippen LogP contribution in [0.1, 0.15) is 34.5 Å². The Morgan fingerprint density at radius 3 is 2.38 bits per heavy atom. The van der Waals surface area contributed by atoms with Crippen molar-refractivity contribution >= 4 is 15.9 Å². The van der Waals surface area contributed by atoms with Gasteiger partial charge in [0.2, 0.25) is 10.0 Å². The first-order valence-corrected chi connectivity index (χ1v) is 12.0. The van der Waals surface area contributed by atoms with E-state index in [-0.39, 0.29) is 29.6 Å². The maximum Gasteiger partial charge on any atom is 0.254 e. The lowest BCUT2D eigenvalue weighted by atomic mass is 10.1. The molecule has 6 nitrogen and oxygen atoms in total. The summed E-state index contributed by atoms with van der Waals surface area (Å²) in [6.45, 7) is 2.98. The molecule has 0 aliphatic carbocycles. The highest BCUT2D eigenvalue weighted by Crippen LogP contribution is 2.26. The molecule has 32 heavy (non-hydrogen) atoms. The number of benzene rings is 3. The molecule has 1 N–H and O–H groups in total. The molecule has 0 spiro atoms. The summed E-state index contributed by atoms with van der Waals surface area (Å²) in [7, 11) is -3.76. The van der Waals surface area contributed by atoms with Crippen molar-refractivity contribution in [2.75, 3.05) is 13.1 Å². The Balaban J connectivity index is 1.50. The van der Waals surface area contributed by atoms with Crippen LogP contribution >= 0.6 is 0 Å². The molecule has 1 amide bonds. The van der Waals surface area contributed by atoms with E-state index in [1.807, 2.05) is 67.6 Å². The van der Waals surface area contributed by atoms with Gasteiger partial charge in [-0.05, 0) is 36.2 Å². The number of amides is 1. The summed E-state index contributed by atoms with van der Waals surface area (Å²) in [4.78, 5) is 15.0. The molecule has 3 aromatic rings. The molecule has 4 rings (SSSR count). The number of ether oxygens (including phenoxy) is 1. The molecule has 2 unspecified atom stereocenters. The number of sulfonamides is 1. The Labute approximate surface area is 188 Å². The largest absolute Gasteiger partial charge is 0.367 e. The summed E-state index contributed by atoms with van der Waals surface area (Å²) in [6, 6.07) is 25.3. The van der Waals surface area contributed by atoms with E-state index in [0.717, 1.165) is 11.1 Å². The van der Waals surface area contributed by atoms with Crippen LogP contribution in [0.5, 0.6) is 0 Å². The monoisotopic (exact) mass is 450 g/mol. The van der Waals surface area contributed by atoms with E-state index in [1.54, 1.807) is 17.0 Å². The summed E-state index contributed by atoms with van der Waals surface area (Å²) >= 11 is 0. The average molecular weight is 451 g/mol. The maximum absolute atomic E-state index is 13.2. The molecule has 0 aromatic heterocycles. The van der Waals surface area contributed by atoms with Crippen LogP contribution in [0, 0.1) is 0 Å². The molecule has 0 saturated carbocycles. The van der Waals surface area contributed by atoms with E-state index in [2.05, 4.69) is 4.72 Å². The SMILES string of the molecule is CC1CN(C(=O)c2cccc(S(=O)(=O)NCc3ccccc3)c2)CC(c2ccccc2)O1. The quantitative estimate of drug-likeness (QED) is 0.620. The Kier molecular flexibility index (Phi) is 6.69. The minimum Gasteiger partial charge on any atom is -0.367 e. The van der Waals surface area contributed by atoms with Gasteiger partial charge in [-0.25, -0.2) is 13.1 Å². The second-order valence-electron chi connectivity index (χ2n) is 7.89. The number of carbonyl (C=O) groups excluding carboxylic acids is 1.